The Morgan fingerprint density at radius 1 is 1.13 bits per heavy atom. The smallest absolute Gasteiger partial charge is 0.114 e. The third-order valence-corrected chi connectivity index (χ3v) is 4.52. The summed E-state index contributed by atoms with van der Waals surface area (Å²) in [7, 11) is 0. The fraction of sp³-hybridized carbons (Fsp3) is 0.235. The van der Waals surface area contributed by atoms with E-state index in [0.717, 1.165) is 41.0 Å². The largest absolute Gasteiger partial charge is 0.317 e. The maximum atomic E-state index is 8.68. The molecule has 4 nitrogen and oxygen atoms in total. The minimum absolute atomic E-state index is 0.512. The van der Waals surface area contributed by atoms with E-state index in [1.165, 1.54) is 0 Å². The third-order valence-electron chi connectivity index (χ3n) is 3.80. The van der Waals surface area contributed by atoms with Crippen LogP contribution in [0.15, 0.2) is 36.4 Å². The number of imidazole rings is 1. The van der Waals surface area contributed by atoms with Crippen LogP contribution in [0.3, 0.4) is 0 Å². The lowest BCUT2D eigenvalue weighted by Gasteiger charge is -2.10. The number of nitrogens with zero attached hydrogens (tertiary/aromatic N) is 2. The van der Waals surface area contributed by atoms with Gasteiger partial charge >= 0.3 is 0 Å². The van der Waals surface area contributed by atoms with Gasteiger partial charge in [0, 0.05) is 18.7 Å². The van der Waals surface area contributed by atoms with Crippen LogP contribution in [0.4, 0.5) is 0 Å². The summed E-state index contributed by atoms with van der Waals surface area (Å²) < 4.78 is 2.10. The Bertz CT molecular complexity index is 828. The monoisotopic (exact) mass is 349 g/mol. The van der Waals surface area contributed by atoms with E-state index < -0.39 is 0 Å². The molecule has 0 spiro atoms. The van der Waals surface area contributed by atoms with E-state index in [2.05, 4.69) is 46.2 Å². The second kappa shape index (κ2) is 6.89. The van der Waals surface area contributed by atoms with Gasteiger partial charge in [0.15, 0.2) is 0 Å². The second-order valence-corrected chi connectivity index (χ2v) is 6.11. The first-order valence-electron chi connectivity index (χ1n) is 7.46. The molecular weight excluding hydrogens is 333 g/mol. The molecule has 23 heavy (non-hydrogen) atoms. The Hall–Kier alpha value is -1.59. The zero-order valence-corrected chi connectivity index (χ0v) is 14.2. The second-order valence-electron chi connectivity index (χ2n) is 5.30. The molecule has 1 aromatic heterocycles. The third kappa shape index (κ3) is 3.21. The molecule has 0 saturated heterocycles. The quantitative estimate of drug-likeness (QED) is 0.670. The molecule has 0 fully saturated rings. The molecule has 1 heterocycles. The predicted molar refractivity (Wildman–Crippen MR) is 94.0 cm³/mol. The normalized spacial score (nSPS) is 11.3. The molecule has 2 aromatic carbocycles. The molecule has 2 N–H and O–H groups in total. The molecule has 0 unspecified atom stereocenters. The van der Waals surface area contributed by atoms with Crippen molar-refractivity contribution in [3.63, 3.8) is 0 Å². The fourth-order valence-electron chi connectivity index (χ4n) is 2.66. The van der Waals surface area contributed by atoms with Crippen molar-refractivity contribution in [3.05, 3.63) is 57.8 Å². The van der Waals surface area contributed by atoms with Gasteiger partial charge in [-0.3, -0.25) is 4.57 Å². The van der Waals surface area contributed by atoms with Crippen molar-refractivity contribution in [2.45, 2.75) is 19.8 Å². The highest BCUT2D eigenvalue weighted by Gasteiger charge is 2.13. The van der Waals surface area contributed by atoms with Crippen LogP contribution in [0.25, 0.3) is 16.7 Å². The molecule has 0 aliphatic rings. The Labute approximate surface area is 144 Å². The van der Waals surface area contributed by atoms with Crippen molar-refractivity contribution in [1.29, 1.82) is 0 Å². The zero-order chi connectivity index (χ0) is 16.4. The lowest BCUT2D eigenvalue weighted by Crippen LogP contribution is -2.11. The van der Waals surface area contributed by atoms with Crippen molar-refractivity contribution in [2.75, 3.05) is 6.54 Å². The van der Waals surface area contributed by atoms with E-state index in [9.17, 15) is 0 Å². The van der Waals surface area contributed by atoms with Gasteiger partial charge in [-0.1, -0.05) is 42.3 Å². The summed E-state index contributed by atoms with van der Waals surface area (Å²) in [6.45, 7) is 2.60. The number of halogens is 2. The average molecular weight is 350 g/mol. The highest BCUT2D eigenvalue weighted by molar-refractivity contribution is 6.42. The van der Waals surface area contributed by atoms with Crippen LogP contribution in [0.1, 0.15) is 18.3 Å². The number of hydrogen-bond donors (Lipinski definition) is 2. The van der Waals surface area contributed by atoms with Crippen LogP contribution in [0.2, 0.25) is 10.0 Å². The maximum absolute atomic E-state index is 8.68. The fourth-order valence-corrected chi connectivity index (χ4v) is 2.98. The molecule has 0 saturated carbocycles. The summed E-state index contributed by atoms with van der Waals surface area (Å²) in [4.78, 5) is 4.66. The van der Waals surface area contributed by atoms with Crippen LogP contribution in [-0.2, 0) is 12.8 Å². The molecule has 6 heteroatoms. The first-order valence-corrected chi connectivity index (χ1v) is 8.22. The lowest BCUT2D eigenvalue weighted by atomic mass is 10.1. The number of benzene rings is 2. The number of fused-ring (bicyclic) bond motifs is 1. The van der Waals surface area contributed by atoms with Gasteiger partial charge in [-0.15, -0.1) is 0 Å². The van der Waals surface area contributed by atoms with E-state index in [-0.39, 0.29) is 0 Å². The van der Waals surface area contributed by atoms with E-state index in [4.69, 9.17) is 28.4 Å². The number of rotatable bonds is 5. The van der Waals surface area contributed by atoms with Crippen molar-refractivity contribution in [1.82, 2.24) is 15.0 Å². The molecule has 0 bridgehead atoms. The Morgan fingerprint density at radius 3 is 2.48 bits per heavy atom. The summed E-state index contributed by atoms with van der Waals surface area (Å²) >= 11 is 12.3. The molecule has 3 aromatic rings. The van der Waals surface area contributed by atoms with Crippen molar-refractivity contribution < 1.29 is 5.21 Å². The van der Waals surface area contributed by atoms with Gasteiger partial charge in [-0.2, -0.15) is 0 Å². The number of hydroxylamine groups is 1. The number of nitrogens with one attached hydrogen (secondary N) is 1. The number of aromatic nitrogens is 2. The standard InChI is InChI=1S/C17H17Cl2N3O/c1-2-17-21-15-9-13(18)14(19)10-16(15)22(17)12-5-3-11(4-6-12)7-8-20-23/h3-6,9-10,20,23H,2,7-8H2,1H3. The van der Waals surface area contributed by atoms with Gasteiger partial charge in [0.1, 0.15) is 5.82 Å². The van der Waals surface area contributed by atoms with Crippen LogP contribution in [0, 0.1) is 0 Å². The van der Waals surface area contributed by atoms with Crippen molar-refractivity contribution >= 4 is 34.2 Å². The van der Waals surface area contributed by atoms with Gasteiger partial charge in [-0.05, 0) is 36.2 Å². The summed E-state index contributed by atoms with van der Waals surface area (Å²) in [5.41, 5.74) is 6.14. The highest BCUT2D eigenvalue weighted by atomic mass is 35.5. The van der Waals surface area contributed by atoms with Gasteiger partial charge in [0.2, 0.25) is 0 Å². The highest BCUT2D eigenvalue weighted by Crippen LogP contribution is 2.30. The average Bonchev–Trinajstić information content (AvgIpc) is 2.91. The minimum atomic E-state index is 0.512. The van der Waals surface area contributed by atoms with Gasteiger partial charge < -0.3 is 5.21 Å². The van der Waals surface area contributed by atoms with Crippen molar-refractivity contribution in [3.8, 4) is 5.69 Å². The molecule has 0 aliphatic heterocycles. The molecule has 0 radical (unpaired) electrons. The van der Waals surface area contributed by atoms with Crippen LogP contribution < -0.4 is 5.48 Å². The molecule has 3 rings (SSSR count). The lowest BCUT2D eigenvalue weighted by molar-refractivity contribution is 0.168. The summed E-state index contributed by atoms with van der Waals surface area (Å²) in [5.74, 6) is 0.961. The van der Waals surface area contributed by atoms with Crippen molar-refractivity contribution in [2.24, 2.45) is 0 Å². The van der Waals surface area contributed by atoms with E-state index >= 15 is 0 Å². The van der Waals surface area contributed by atoms with Gasteiger partial charge in [0.25, 0.3) is 0 Å². The SMILES string of the molecule is CCc1nc2cc(Cl)c(Cl)cc2n1-c1ccc(CCNO)cc1. The predicted octanol–water partition coefficient (Wildman–Crippen LogP) is 4.42. The maximum Gasteiger partial charge on any atom is 0.114 e. The molecule has 0 amide bonds. The topological polar surface area (TPSA) is 50.1 Å². The first-order chi connectivity index (χ1) is 11.1. The van der Waals surface area contributed by atoms with E-state index in [1.54, 1.807) is 6.07 Å². The molecule has 120 valence electrons. The Balaban J connectivity index is 2.09. The van der Waals surface area contributed by atoms with Gasteiger partial charge in [0.05, 0.1) is 21.1 Å². The number of aryl methyl sites for hydroxylation is 1. The summed E-state index contributed by atoms with van der Waals surface area (Å²) in [5, 5.41) is 9.72. The van der Waals surface area contributed by atoms with Gasteiger partial charge in [-0.25, -0.2) is 10.5 Å². The zero-order valence-electron chi connectivity index (χ0n) is 12.7. The van der Waals surface area contributed by atoms with Crippen LogP contribution >= 0.6 is 23.2 Å². The Morgan fingerprint density at radius 2 is 1.83 bits per heavy atom. The minimum Gasteiger partial charge on any atom is -0.317 e. The Kier molecular flexibility index (Phi) is 4.87. The van der Waals surface area contributed by atoms with E-state index in [1.807, 2.05) is 6.07 Å². The molecular formula is C17H17Cl2N3O. The number of hydrogen-bond acceptors (Lipinski definition) is 3. The van der Waals surface area contributed by atoms with Crippen LogP contribution in [0.5, 0.6) is 0 Å². The molecule has 0 aliphatic carbocycles. The summed E-state index contributed by atoms with van der Waals surface area (Å²) in [6.07, 6.45) is 1.57. The molecule has 0 atom stereocenters. The van der Waals surface area contributed by atoms with Crippen LogP contribution in [-0.4, -0.2) is 21.3 Å². The van der Waals surface area contributed by atoms with E-state index in [0.29, 0.717) is 16.6 Å². The first kappa shape index (κ1) is 16.3. The summed E-state index contributed by atoms with van der Waals surface area (Å²) in [6, 6.07) is 11.9.